The normalized spacial score (nSPS) is 11.4. The summed E-state index contributed by atoms with van der Waals surface area (Å²) in [5.41, 5.74) is 0. The van der Waals surface area contributed by atoms with Gasteiger partial charge in [0, 0.05) is 0 Å². The molecule has 0 aliphatic heterocycles. The zero-order chi connectivity index (χ0) is 23.9. The van der Waals surface area contributed by atoms with Crippen molar-refractivity contribution < 1.29 is 13.6 Å². The lowest BCUT2D eigenvalue weighted by atomic mass is 10.1. The van der Waals surface area contributed by atoms with E-state index in [1.807, 2.05) is 60.7 Å². The molecular formula is C30H45O3P. The zero-order valence-corrected chi connectivity index (χ0v) is 22.1. The molecule has 0 aromatic heterocycles. The highest BCUT2D eigenvalue weighted by Gasteiger charge is 2.16. The Morgan fingerprint density at radius 2 is 1.00 bits per heavy atom. The van der Waals surface area contributed by atoms with E-state index in [-0.39, 0.29) is 0 Å². The van der Waals surface area contributed by atoms with Gasteiger partial charge in [-0.05, 0) is 56.4 Å². The smallest absolute Gasteiger partial charge is 0.418 e. The third-order valence-electron chi connectivity index (χ3n) is 5.70. The fraction of sp³-hybridized carbons (Fsp3) is 0.533. The van der Waals surface area contributed by atoms with Crippen LogP contribution in [0, 0.1) is 0 Å². The molecule has 0 radical (unpaired) electrons. The van der Waals surface area contributed by atoms with Crippen LogP contribution in [0.1, 0.15) is 96.8 Å². The van der Waals surface area contributed by atoms with Crippen molar-refractivity contribution in [3.63, 3.8) is 0 Å². The standard InChI is InChI=1S/C30H45O3P/c1-2-3-4-5-6-7-8-9-10-11-12-13-14-15-16-23-28-31-34(32-29-24-19-17-20-25-29)33-30-26-21-18-22-27-30/h9-10,17-22,24-27H,2-8,11-16,23,28H2,1H3. The molecule has 2 rings (SSSR count). The van der Waals surface area contributed by atoms with Crippen LogP contribution < -0.4 is 9.05 Å². The minimum absolute atomic E-state index is 0.659. The lowest BCUT2D eigenvalue weighted by Crippen LogP contribution is -2.01. The monoisotopic (exact) mass is 484 g/mol. The molecule has 0 heterocycles. The topological polar surface area (TPSA) is 27.7 Å². The van der Waals surface area contributed by atoms with E-state index < -0.39 is 8.60 Å². The maximum Gasteiger partial charge on any atom is 0.463 e. The molecule has 0 atom stereocenters. The molecule has 3 nitrogen and oxygen atoms in total. The van der Waals surface area contributed by atoms with Crippen molar-refractivity contribution in [1.29, 1.82) is 0 Å². The Kier molecular flexibility index (Phi) is 17.2. The Morgan fingerprint density at radius 1 is 0.559 bits per heavy atom. The maximum absolute atomic E-state index is 5.98. The molecule has 2 aromatic carbocycles. The van der Waals surface area contributed by atoms with Crippen molar-refractivity contribution in [2.45, 2.75) is 96.8 Å². The van der Waals surface area contributed by atoms with Gasteiger partial charge >= 0.3 is 8.60 Å². The Bertz CT molecular complexity index is 679. The van der Waals surface area contributed by atoms with E-state index in [4.69, 9.17) is 13.6 Å². The molecule has 0 bridgehead atoms. The Balaban J connectivity index is 1.48. The molecule has 4 heteroatoms. The Labute approximate surface area is 209 Å². The molecule has 188 valence electrons. The van der Waals surface area contributed by atoms with Gasteiger partial charge in [0.15, 0.2) is 0 Å². The zero-order valence-electron chi connectivity index (χ0n) is 21.2. The number of allylic oxidation sites excluding steroid dienone is 2. The van der Waals surface area contributed by atoms with E-state index >= 15 is 0 Å². The van der Waals surface area contributed by atoms with Gasteiger partial charge in [-0.3, -0.25) is 4.52 Å². The minimum Gasteiger partial charge on any atom is -0.418 e. The first kappa shape index (κ1) is 28.4. The third kappa shape index (κ3) is 15.1. The lowest BCUT2D eigenvalue weighted by Gasteiger charge is -2.17. The van der Waals surface area contributed by atoms with E-state index in [1.165, 1.54) is 83.5 Å². The summed E-state index contributed by atoms with van der Waals surface area (Å²) in [6.45, 7) is 2.94. The molecule has 0 aliphatic rings. The summed E-state index contributed by atoms with van der Waals surface area (Å²) in [5.74, 6) is 1.54. The van der Waals surface area contributed by atoms with E-state index in [0.29, 0.717) is 6.61 Å². The average molecular weight is 485 g/mol. The van der Waals surface area contributed by atoms with Gasteiger partial charge in [0.25, 0.3) is 0 Å². The summed E-state index contributed by atoms with van der Waals surface area (Å²) < 4.78 is 17.9. The van der Waals surface area contributed by atoms with E-state index in [2.05, 4.69) is 19.1 Å². The summed E-state index contributed by atoms with van der Waals surface area (Å²) in [6.07, 6.45) is 23.0. The van der Waals surface area contributed by atoms with Crippen molar-refractivity contribution in [2.24, 2.45) is 0 Å². The molecule has 0 saturated heterocycles. The largest absolute Gasteiger partial charge is 0.463 e. The van der Waals surface area contributed by atoms with Gasteiger partial charge in [0.05, 0.1) is 6.61 Å². The Morgan fingerprint density at radius 3 is 1.50 bits per heavy atom. The van der Waals surface area contributed by atoms with Crippen molar-refractivity contribution in [3.8, 4) is 11.5 Å². The first-order chi connectivity index (χ1) is 16.9. The number of unbranched alkanes of at least 4 members (excludes halogenated alkanes) is 12. The van der Waals surface area contributed by atoms with E-state index in [0.717, 1.165) is 17.9 Å². The molecule has 34 heavy (non-hydrogen) atoms. The lowest BCUT2D eigenvalue weighted by molar-refractivity contribution is 0.258. The highest BCUT2D eigenvalue weighted by atomic mass is 31.2. The molecule has 0 unspecified atom stereocenters. The first-order valence-corrected chi connectivity index (χ1v) is 14.5. The summed E-state index contributed by atoms with van der Waals surface area (Å²) in [4.78, 5) is 0. The van der Waals surface area contributed by atoms with Crippen molar-refractivity contribution in [1.82, 2.24) is 0 Å². The summed E-state index contributed by atoms with van der Waals surface area (Å²) in [7, 11) is -1.46. The van der Waals surface area contributed by atoms with Gasteiger partial charge in [-0.15, -0.1) is 0 Å². The van der Waals surface area contributed by atoms with E-state index in [1.54, 1.807) is 0 Å². The van der Waals surface area contributed by atoms with Gasteiger partial charge in [0.1, 0.15) is 11.5 Å². The molecule has 0 aliphatic carbocycles. The van der Waals surface area contributed by atoms with Crippen LogP contribution in [0.15, 0.2) is 72.8 Å². The fourth-order valence-electron chi connectivity index (χ4n) is 3.69. The van der Waals surface area contributed by atoms with Crippen LogP contribution in [0.3, 0.4) is 0 Å². The predicted molar refractivity (Wildman–Crippen MR) is 146 cm³/mol. The molecular weight excluding hydrogens is 439 g/mol. The summed E-state index contributed by atoms with van der Waals surface area (Å²) in [6, 6.07) is 19.5. The fourth-order valence-corrected chi connectivity index (χ4v) is 4.70. The average Bonchev–Trinajstić information content (AvgIpc) is 2.87. The van der Waals surface area contributed by atoms with Crippen LogP contribution in [0.5, 0.6) is 11.5 Å². The quantitative estimate of drug-likeness (QED) is 0.100. The number of rotatable bonds is 21. The van der Waals surface area contributed by atoms with Crippen LogP contribution in [-0.4, -0.2) is 6.61 Å². The second-order valence-electron chi connectivity index (χ2n) is 8.80. The molecule has 0 spiro atoms. The number of hydrogen-bond donors (Lipinski definition) is 0. The predicted octanol–water partition coefficient (Wildman–Crippen LogP) is 10.4. The van der Waals surface area contributed by atoms with Gasteiger partial charge in [0.2, 0.25) is 0 Å². The van der Waals surface area contributed by atoms with Gasteiger partial charge in [-0.25, -0.2) is 0 Å². The van der Waals surface area contributed by atoms with Gasteiger partial charge in [-0.2, -0.15) is 0 Å². The van der Waals surface area contributed by atoms with Crippen molar-refractivity contribution >= 4 is 8.60 Å². The van der Waals surface area contributed by atoms with Crippen LogP contribution >= 0.6 is 8.60 Å². The Hall–Kier alpha value is -1.83. The second kappa shape index (κ2) is 20.5. The minimum atomic E-state index is -1.46. The molecule has 2 aromatic rings. The highest BCUT2D eigenvalue weighted by Crippen LogP contribution is 2.41. The summed E-state index contributed by atoms with van der Waals surface area (Å²) in [5, 5.41) is 0. The number of hydrogen-bond acceptors (Lipinski definition) is 3. The first-order valence-electron chi connectivity index (χ1n) is 13.4. The number of benzene rings is 2. The van der Waals surface area contributed by atoms with Gasteiger partial charge in [-0.1, -0.05) is 113 Å². The maximum atomic E-state index is 5.98. The molecule has 0 amide bonds. The van der Waals surface area contributed by atoms with Crippen LogP contribution in [0.25, 0.3) is 0 Å². The van der Waals surface area contributed by atoms with Gasteiger partial charge < -0.3 is 9.05 Å². The second-order valence-corrected chi connectivity index (χ2v) is 9.87. The van der Waals surface area contributed by atoms with E-state index in [9.17, 15) is 0 Å². The highest BCUT2D eigenvalue weighted by molar-refractivity contribution is 7.42. The molecule has 0 N–H and O–H groups in total. The third-order valence-corrected chi connectivity index (χ3v) is 6.81. The van der Waals surface area contributed by atoms with Crippen molar-refractivity contribution in [3.05, 3.63) is 72.8 Å². The number of para-hydroxylation sites is 2. The van der Waals surface area contributed by atoms with Crippen LogP contribution in [0.4, 0.5) is 0 Å². The summed E-state index contributed by atoms with van der Waals surface area (Å²) >= 11 is 0. The molecule has 0 saturated carbocycles. The SMILES string of the molecule is CCCCCCCCC=CCCCCCCCCOP(Oc1ccccc1)Oc1ccccc1. The van der Waals surface area contributed by atoms with Crippen LogP contribution in [0.2, 0.25) is 0 Å². The molecule has 0 fully saturated rings. The van der Waals surface area contributed by atoms with Crippen LogP contribution in [-0.2, 0) is 4.52 Å². The van der Waals surface area contributed by atoms with Crippen molar-refractivity contribution in [2.75, 3.05) is 6.61 Å².